The molecular formula is C11H14BrNO. The zero-order valence-corrected chi connectivity index (χ0v) is 10.0. The summed E-state index contributed by atoms with van der Waals surface area (Å²) in [4.78, 5) is 12.7. The minimum Gasteiger partial charge on any atom is -0.378 e. The van der Waals surface area contributed by atoms with Crippen molar-refractivity contribution >= 4 is 27.9 Å². The molecule has 0 heterocycles. The van der Waals surface area contributed by atoms with Crippen molar-refractivity contribution in [1.29, 1.82) is 0 Å². The molecule has 3 heteroatoms. The fourth-order valence-corrected chi connectivity index (χ4v) is 1.74. The number of aryl methyl sites for hydroxylation is 1. The van der Waals surface area contributed by atoms with Crippen LogP contribution >= 0.6 is 15.9 Å². The summed E-state index contributed by atoms with van der Waals surface area (Å²) in [7, 11) is 3.95. The molecule has 0 aliphatic rings. The second-order valence-corrected chi connectivity index (χ2v) is 4.18. The number of benzene rings is 1. The summed E-state index contributed by atoms with van der Waals surface area (Å²) in [6, 6.07) is 5.93. The summed E-state index contributed by atoms with van der Waals surface area (Å²) in [5, 5.41) is 0.919. The normalized spacial score (nSPS) is 9.93. The first kappa shape index (κ1) is 11.2. The van der Waals surface area contributed by atoms with Crippen LogP contribution in [0.15, 0.2) is 18.2 Å². The molecule has 1 aromatic carbocycles. The average molecular weight is 256 g/mol. The largest absolute Gasteiger partial charge is 0.378 e. The highest BCUT2D eigenvalue weighted by Crippen LogP contribution is 2.17. The molecule has 0 saturated heterocycles. The number of aldehydes is 1. The van der Waals surface area contributed by atoms with Gasteiger partial charge in [0.1, 0.15) is 6.29 Å². The maximum Gasteiger partial charge on any atom is 0.150 e. The van der Waals surface area contributed by atoms with Crippen molar-refractivity contribution in [2.24, 2.45) is 0 Å². The van der Waals surface area contributed by atoms with Gasteiger partial charge in [0.2, 0.25) is 0 Å². The summed E-state index contributed by atoms with van der Waals surface area (Å²) in [6.45, 7) is 0. The standard InChI is InChI=1S/C11H14BrNO/c1-13(2)11-6-9(3-4-12)5-10(7-11)8-14/h5-8H,3-4H2,1-2H3. The van der Waals surface area contributed by atoms with Gasteiger partial charge in [-0.3, -0.25) is 4.79 Å². The van der Waals surface area contributed by atoms with Crippen LogP contribution in [0.5, 0.6) is 0 Å². The summed E-state index contributed by atoms with van der Waals surface area (Å²) in [5.41, 5.74) is 3.01. The number of hydrogen-bond acceptors (Lipinski definition) is 2. The number of halogens is 1. The van der Waals surface area contributed by atoms with Gasteiger partial charge in [-0.15, -0.1) is 0 Å². The SMILES string of the molecule is CN(C)c1cc(C=O)cc(CCBr)c1. The Kier molecular flexibility index (Phi) is 4.14. The first-order chi connectivity index (χ1) is 6.67. The molecule has 0 amide bonds. The lowest BCUT2D eigenvalue weighted by atomic mass is 10.1. The second-order valence-electron chi connectivity index (χ2n) is 3.38. The van der Waals surface area contributed by atoms with Crippen molar-refractivity contribution in [3.63, 3.8) is 0 Å². The number of nitrogens with zero attached hydrogens (tertiary/aromatic N) is 1. The van der Waals surface area contributed by atoms with Gasteiger partial charge in [-0.1, -0.05) is 15.9 Å². The van der Waals surface area contributed by atoms with Gasteiger partial charge in [-0.05, 0) is 30.2 Å². The van der Waals surface area contributed by atoms with Crippen LogP contribution in [0, 0.1) is 0 Å². The molecule has 0 aliphatic heterocycles. The van der Waals surface area contributed by atoms with Crippen LogP contribution in [0.2, 0.25) is 0 Å². The van der Waals surface area contributed by atoms with E-state index in [9.17, 15) is 4.79 Å². The van der Waals surface area contributed by atoms with Crippen molar-refractivity contribution < 1.29 is 4.79 Å². The smallest absolute Gasteiger partial charge is 0.150 e. The Hall–Kier alpha value is -0.830. The quantitative estimate of drug-likeness (QED) is 0.609. The third-order valence-electron chi connectivity index (χ3n) is 2.04. The predicted molar refractivity (Wildman–Crippen MR) is 63.7 cm³/mol. The topological polar surface area (TPSA) is 20.3 Å². The van der Waals surface area contributed by atoms with Gasteiger partial charge in [-0.2, -0.15) is 0 Å². The van der Waals surface area contributed by atoms with E-state index in [1.165, 1.54) is 5.56 Å². The maximum atomic E-state index is 10.7. The molecule has 0 saturated carbocycles. The molecule has 0 aromatic heterocycles. The molecule has 0 unspecified atom stereocenters. The van der Waals surface area contributed by atoms with Crippen LogP contribution in [-0.2, 0) is 6.42 Å². The lowest BCUT2D eigenvalue weighted by Crippen LogP contribution is -2.09. The van der Waals surface area contributed by atoms with E-state index in [4.69, 9.17) is 0 Å². The van der Waals surface area contributed by atoms with Crippen molar-refractivity contribution in [2.75, 3.05) is 24.3 Å². The summed E-state index contributed by atoms with van der Waals surface area (Å²) in [6.07, 6.45) is 1.84. The highest BCUT2D eigenvalue weighted by Gasteiger charge is 2.01. The second kappa shape index (κ2) is 5.15. The fourth-order valence-electron chi connectivity index (χ4n) is 1.28. The number of alkyl halides is 1. The Morgan fingerprint density at radius 2 is 2.07 bits per heavy atom. The molecule has 0 spiro atoms. The molecule has 0 bridgehead atoms. The van der Waals surface area contributed by atoms with E-state index in [0.29, 0.717) is 0 Å². The number of carbonyl (C=O) groups is 1. The third-order valence-corrected chi connectivity index (χ3v) is 2.43. The molecule has 0 radical (unpaired) electrons. The van der Waals surface area contributed by atoms with Crippen molar-refractivity contribution in [3.8, 4) is 0 Å². The van der Waals surface area contributed by atoms with Gasteiger partial charge in [-0.25, -0.2) is 0 Å². The lowest BCUT2D eigenvalue weighted by Gasteiger charge is -2.14. The molecule has 76 valence electrons. The Bertz CT molecular complexity index is 323. The van der Waals surface area contributed by atoms with E-state index in [-0.39, 0.29) is 0 Å². The third kappa shape index (κ3) is 2.84. The molecule has 0 atom stereocenters. The molecule has 1 aromatic rings. The monoisotopic (exact) mass is 255 g/mol. The molecule has 0 N–H and O–H groups in total. The van der Waals surface area contributed by atoms with E-state index in [1.807, 2.05) is 31.1 Å². The molecule has 1 rings (SSSR count). The first-order valence-electron chi connectivity index (χ1n) is 4.50. The van der Waals surface area contributed by atoms with Crippen LogP contribution in [-0.4, -0.2) is 25.7 Å². The Morgan fingerprint density at radius 3 is 2.57 bits per heavy atom. The van der Waals surface area contributed by atoms with Crippen molar-refractivity contribution in [3.05, 3.63) is 29.3 Å². The fraction of sp³-hybridized carbons (Fsp3) is 0.364. The number of rotatable bonds is 4. The summed E-state index contributed by atoms with van der Waals surface area (Å²) in [5.74, 6) is 0. The molecular weight excluding hydrogens is 242 g/mol. The minimum absolute atomic E-state index is 0.743. The van der Waals surface area contributed by atoms with Gasteiger partial charge in [0, 0.05) is 30.7 Å². The Morgan fingerprint density at radius 1 is 1.36 bits per heavy atom. The van der Waals surface area contributed by atoms with Crippen molar-refractivity contribution in [2.45, 2.75) is 6.42 Å². The van der Waals surface area contributed by atoms with Crippen LogP contribution < -0.4 is 4.90 Å². The maximum absolute atomic E-state index is 10.7. The summed E-state index contributed by atoms with van der Waals surface area (Å²) < 4.78 is 0. The van der Waals surface area contributed by atoms with E-state index < -0.39 is 0 Å². The van der Waals surface area contributed by atoms with Gasteiger partial charge in [0.15, 0.2) is 0 Å². The predicted octanol–water partition coefficient (Wildman–Crippen LogP) is 2.50. The zero-order chi connectivity index (χ0) is 10.6. The minimum atomic E-state index is 0.743. The zero-order valence-electron chi connectivity index (χ0n) is 8.46. The van der Waals surface area contributed by atoms with E-state index in [2.05, 4.69) is 22.0 Å². The number of carbonyl (C=O) groups excluding carboxylic acids is 1. The van der Waals surface area contributed by atoms with Crippen LogP contribution in [0.4, 0.5) is 5.69 Å². The van der Waals surface area contributed by atoms with Gasteiger partial charge < -0.3 is 4.90 Å². The highest BCUT2D eigenvalue weighted by molar-refractivity contribution is 9.09. The molecule has 0 aliphatic carbocycles. The Balaban J connectivity index is 3.06. The van der Waals surface area contributed by atoms with Crippen LogP contribution in [0.3, 0.4) is 0 Å². The van der Waals surface area contributed by atoms with Gasteiger partial charge in [0.25, 0.3) is 0 Å². The highest BCUT2D eigenvalue weighted by atomic mass is 79.9. The van der Waals surface area contributed by atoms with E-state index >= 15 is 0 Å². The van der Waals surface area contributed by atoms with E-state index in [0.717, 1.165) is 29.3 Å². The molecule has 14 heavy (non-hydrogen) atoms. The van der Waals surface area contributed by atoms with Gasteiger partial charge >= 0.3 is 0 Å². The average Bonchev–Trinajstić information content (AvgIpc) is 2.17. The van der Waals surface area contributed by atoms with Crippen LogP contribution in [0.25, 0.3) is 0 Å². The molecule has 2 nitrogen and oxygen atoms in total. The van der Waals surface area contributed by atoms with Crippen LogP contribution in [0.1, 0.15) is 15.9 Å². The van der Waals surface area contributed by atoms with E-state index in [1.54, 1.807) is 0 Å². The number of hydrogen-bond donors (Lipinski definition) is 0. The van der Waals surface area contributed by atoms with Crippen molar-refractivity contribution in [1.82, 2.24) is 0 Å². The lowest BCUT2D eigenvalue weighted by molar-refractivity contribution is 0.112. The Labute approximate surface area is 93.0 Å². The first-order valence-corrected chi connectivity index (χ1v) is 5.62. The number of anilines is 1. The summed E-state index contributed by atoms with van der Waals surface area (Å²) >= 11 is 3.39. The van der Waals surface area contributed by atoms with Gasteiger partial charge in [0.05, 0.1) is 0 Å². The molecule has 0 fully saturated rings.